The summed E-state index contributed by atoms with van der Waals surface area (Å²) in [4.78, 5) is 10.8. The highest BCUT2D eigenvalue weighted by Crippen LogP contribution is 2.22. The number of hydrogen-bond acceptors (Lipinski definition) is 2. The molecule has 100 valence electrons. The SMILES string of the molecule is CC(C)(CC(N)=O)NCc1c(F)ccc(Br)c1F. The standard InChI is InChI=1S/C12H15BrF2N2O/c1-12(2,5-10(16)18)17-6-7-9(14)4-3-8(13)11(7)15/h3-4,17H,5-6H2,1-2H3,(H2,16,18). The maximum atomic E-state index is 13.7. The van der Waals surface area contributed by atoms with E-state index in [9.17, 15) is 13.6 Å². The molecular formula is C12H15BrF2N2O. The van der Waals surface area contributed by atoms with E-state index in [2.05, 4.69) is 21.2 Å². The maximum absolute atomic E-state index is 13.7. The van der Waals surface area contributed by atoms with Gasteiger partial charge in [0.25, 0.3) is 0 Å². The van der Waals surface area contributed by atoms with E-state index in [4.69, 9.17) is 5.73 Å². The molecule has 0 saturated carbocycles. The quantitative estimate of drug-likeness (QED) is 0.819. The Balaban J connectivity index is 2.81. The summed E-state index contributed by atoms with van der Waals surface area (Å²) in [5, 5.41) is 2.91. The third-order valence-electron chi connectivity index (χ3n) is 2.50. The molecule has 18 heavy (non-hydrogen) atoms. The van der Waals surface area contributed by atoms with Crippen LogP contribution >= 0.6 is 15.9 Å². The zero-order valence-electron chi connectivity index (χ0n) is 10.2. The highest BCUT2D eigenvalue weighted by molar-refractivity contribution is 9.10. The highest BCUT2D eigenvalue weighted by atomic mass is 79.9. The molecule has 0 aliphatic heterocycles. The van der Waals surface area contributed by atoms with Gasteiger partial charge in [-0.05, 0) is 41.9 Å². The summed E-state index contributed by atoms with van der Waals surface area (Å²) in [5.74, 6) is -1.74. The van der Waals surface area contributed by atoms with Gasteiger partial charge in [-0.3, -0.25) is 4.79 Å². The molecule has 6 heteroatoms. The summed E-state index contributed by atoms with van der Waals surface area (Å²) in [5.41, 5.74) is 4.41. The summed E-state index contributed by atoms with van der Waals surface area (Å²) in [7, 11) is 0. The molecule has 0 unspecified atom stereocenters. The van der Waals surface area contributed by atoms with Crippen molar-refractivity contribution in [2.75, 3.05) is 0 Å². The molecule has 0 aromatic heterocycles. The summed E-state index contributed by atoms with van der Waals surface area (Å²) in [6, 6.07) is 2.49. The largest absolute Gasteiger partial charge is 0.370 e. The normalized spacial score (nSPS) is 11.6. The van der Waals surface area contributed by atoms with E-state index in [1.54, 1.807) is 13.8 Å². The summed E-state index contributed by atoms with van der Waals surface area (Å²) in [6.07, 6.45) is 0.0875. The number of halogens is 3. The molecule has 0 fully saturated rings. The second kappa shape index (κ2) is 5.75. The third-order valence-corrected chi connectivity index (χ3v) is 3.11. The first-order chi connectivity index (χ1) is 8.23. The average molecular weight is 321 g/mol. The lowest BCUT2D eigenvalue weighted by atomic mass is 10.00. The van der Waals surface area contributed by atoms with Crippen LogP contribution in [0.25, 0.3) is 0 Å². The first-order valence-electron chi connectivity index (χ1n) is 5.38. The van der Waals surface area contributed by atoms with Gasteiger partial charge in [-0.2, -0.15) is 0 Å². The van der Waals surface area contributed by atoms with Crippen LogP contribution in [0.1, 0.15) is 25.8 Å². The monoisotopic (exact) mass is 320 g/mol. The number of hydrogen-bond donors (Lipinski definition) is 2. The average Bonchev–Trinajstić information content (AvgIpc) is 2.22. The zero-order chi connectivity index (χ0) is 13.9. The summed E-state index contributed by atoms with van der Waals surface area (Å²) in [6.45, 7) is 3.47. The number of nitrogens with one attached hydrogen (secondary N) is 1. The predicted octanol–water partition coefficient (Wildman–Crippen LogP) is 2.47. The molecule has 1 rings (SSSR count). The maximum Gasteiger partial charge on any atom is 0.219 e. The van der Waals surface area contributed by atoms with E-state index in [1.807, 2.05) is 0 Å². The number of benzene rings is 1. The van der Waals surface area contributed by atoms with Crippen molar-refractivity contribution in [2.24, 2.45) is 5.73 Å². The van der Waals surface area contributed by atoms with Crippen LogP contribution in [0.2, 0.25) is 0 Å². The molecule has 1 amide bonds. The zero-order valence-corrected chi connectivity index (χ0v) is 11.8. The van der Waals surface area contributed by atoms with Crippen molar-refractivity contribution in [3.63, 3.8) is 0 Å². The Kier molecular flexibility index (Phi) is 4.81. The fraction of sp³-hybridized carbons (Fsp3) is 0.417. The second-order valence-electron chi connectivity index (χ2n) is 4.70. The minimum Gasteiger partial charge on any atom is -0.370 e. The molecule has 0 aliphatic carbocycles. The van der Waals surface area contributed by atoms with Gasteiger partial charge in [0.15, 0.2) is 0 Å². The van der Waals surface area contributed by atoms with Crippen LogP contribution in [-0.4, -0.2) is 11.4 Å². The van der Waals surface area contributed by atoms with Crippen molar-refractivity contribution in [1.82, 2.24) is 5.32 Å². The van der Waals surface area contributed by atoms with E-state index < -0.39 is 23.1 Å². The van der Waals surface area contributed by atoms with E-state index >= 15 is 0 Å². The third kappa shape index (κ3) is 4.03. The van der Waals surface area contributed by atoms with E-state index in [0.717, 1.165) is 0 Å². The smallest absolute Gasteiger partial charge is 0.219 e. The van der Waals surface area contributed by atoms with Gasteiger partial charge < -0.3 is 11.1 Å². The minimum atomic E-state index is -0.641. The van der Waals surface area contributed by atoms with Crippen molar-refractivity contribution >= 4 is 21.8 Å². The van der Waals surface area contributed by atoms with E-state index in [0.29, 0.717) is 0 Å². The summed E-state index contributed by atoms with van der Waals surface area (Å²) >= 11 is 3.00. The van der Waals surface area contributed by atoms with Crippen LogP contribution in [-0.2, 0) is 11.3 Å². The van der Waals surface area contributed by atoms with Gasteiger partial charge in [-0.15, -0.1) is 0 Å². The molecule has 0 spiro atoms. The van der Waals surface area contributed by atoms with E-state index in [1.165, 1.54) is 12.1 Å². The van der Waals surface area contributed by atoms with Crippen molar-refractivity contribution < 1.29 is 13.6 Å². The molecule has 3 nitrogen and oxygen atoms in total. The molecule has 1 aromatic rings. The lowest BCUT2D eigenvalue weighted by molar-refractivity contribution is -0.119. The van der Waals surface area contributed by atoms with E-state index in [-0.39, 0.29) is 23.0 Å². The Bertz CT molecular complexity index is 464. The Morgan fingerprint density at radius 1 is 1.44 bits per heavy atom. The Morgan fingerprint density at radius 2 is 2.06 bits per heavy atom. The van der Waals surface area contributed by atoms with Crippen LogP contribution < -0.4 is 11.1 Å². The van der Waals surface area contributed by atoms with Crippen LogP contribution in [0.15, 0.2) is 16.6 Å². The molecule has 0 aliphatic rings. The van der Waals surface area contributed by atoms with Crippen molar-refractivity contribution in [2.45, 2.75) is 32.4 Å². The lowest BCUT2D eigenvalue weighted by Gasteiger charge is -2.25. The Labute approximate surface area is 113 Å². The number of nitrogens with two attached hydrogens (primary N) is 1. The van der Waals surface area contributed by atoms with Gasteiger partial charge in [0.1, 0.15) is 11.6 Å². The second-order valence-corrected chi connectivity index (χ2v) is 5.56. The Morgan fingerprint density at radius 3 is 2.61 bits per heavy atom. The first-order valence-corrected chi connectivity index (χ1v) is 6.18. The lowest BCUT2D eigenvalue weighted by Crippen LogP contribution is -2.42. The van der Waals surface area contributed by atoms with Gasteiger partial charge in [0.05, 0.1) is 4.47 Å². The van der Waals surface area contributed by atoms with Crippen LogP contribution in [0.5, 0.6) is 0 Å². The number of primary amides is 1. The molecule has 0 atom stereocenters. The molecule has 0 radical (unpaired) electrons. The van der Waals surface area contributed by atoms with Crippen molar-refractivity contribution in [3.05, 3.63) is 33.8 Å². The number of rotatable bonds is 5. The molecule has 1 aromatic carbocycles. The van der Waals surface area contributed by atoms with Crippen molar-refractivity contribution in [1.29, 1.82) is 0 Å². The van der Waals surface area contributed by atoms with Crippen molar-refractivity contribution in [3.8, 4) is 0 Å². The van der Waals surface area contributed by atoms with Gasteiger partial charge in [0.2, 0.25) is 5.91 Å². The Hall–Kier alpha value is -1.01. The molecule has 3 N–H and O–H groups in total. The first kappa shape index (κ1) is 15.0. The molecule has 0 bridgehead atoms. The van der Waals surface area contributed by atoms with Gasteiger partial charge in [-0.25, -0.2) is 8.78 Å². The molecule has 0 heterocycles. The van der Waals surface area contributed by atoms with Gasteiger partial charge >= 0.3 is 0 Å². The number of carbonyl (C=O) groups is 1. The van der Waals surface area contributed by atoms with Gasteiger partial charge in [0, 0.05) is 24.1 Å². The predicted molar refractivity (Wildman–Crippen MR) is 68.8 cm³/mol. The fourth-order valence-corrected chi connectivity index (χ4v) is 1.93. The van der Waals surface area contributed by atoms with Crippen LogP contribution in [0, 0.1) is 11.6 Å². The molecule has 0 saturated heterocycles. The van der Waals surface area contributed by atoms with Crippen LogP contribution in [0.3, 0.4) is 0 Å². The minimum absolute atomic E-state index is 0.0165. The van der Waals surface area contributed by atoms with Gasteiger partial charge in [-0.1, -0.05) is 0 Å². The van der Waals surface area contributed by atoms with Crippen LogP contribution in [0.4, 0.5) is 8.78 Å². The molecular weight excluding hydrogens is 306 g/mol. The number of carbonyl (C=O) groups excluding carboxylic acids is 1. The fourth-order valence-electron chi connectivity index (χ4n) is 1.56. The highest BCUT2D eigenvalue weighted by Gasteiger charge is 2.21. The summed E-state index contributed by atoms with van der Waals surface area (Å²) < 4.78 is 27.4. The number of amides is 1. The topological polar surface area (TPSA) is 55.1 Å².